The molecule has 1 aliphatic carbocycles. The Morgan fingerprint density at radius 1 is 0.884 bits per heavy atom. The van der Waals surface area contributed by atoms with E-state index in [1.165, 1.54) is 15.5 Å². The van der Waals surface area contributed by atoms with Crippen LogP contribution >= 0.6 is 0 Å². The molecule has 3 aliphatic heterocycles. The van der Waals surface area contributed by atoms with Crippen LogP contribution in [0.2, 0.25) is 0 Å². The highest BCUT2D eigenvalue weighted by atomic mass is 19.1. The second-order valence-electron chi connectivity index (χ2n) is 23.7. The number of unbranched alkanes of at least 4 members (excludes halogenated alkanes) is 2. The minimum absolute atomic E-state index is 0.0480. The van der Waals surface area contributed by atoms with Gasteiger partial charge >= 0.3 is 11.9 Å². The van der Waals surface area contributed by atoms with E-state index in [2.05, 4.69) is 21.3 Å². The molecule has 4 aliphatic rings. The van der Waals surface area contributed by atoms with Gasteiger partial charge in [-0.3, -0.25) is 57.6 Å². The lowest BCUT2D eigenvalue weighted by atomic mass is 9.80. The van der Waals surface area contributed by atoms with E-state index in [4.69, 9.17) is 9.72 Å². The highest BCUT2D eigenvalue weighted by Gasteiger charge is 2.46. The van der Waals surface area contributed by atoms with E-state index >= 15 is 4.39 Å². The second-order valence-corrected chi connectivity index (χ2v) is 23.7. The number of aromatic nitrogens is 2. The van der Waals surface area contributed by atoms with E-state index in [9.17, 15) is 67.7 Å². The fourth-order valence-corrected chi connectivity index (χ4v) is 11.9. The molecule has 6 N–H and O–H groups in total. The van der Waals surface area contributed by atoms with Crippen molar-refractivity contribution in [2.75, 3.05) is 19.6 Å². The summed E-state index contributed by atoms with van der Waals surface area (Å²) in [5.74, 6) is -8.39. The minimum Gasteiger partial charge on any atom is -0.481 e. The summed E-state index contributed by atoms with van der Waals surface area (Å²) in [6, 6.07) is 10.1. The first kappa shape index (κ1) is 63.7. The Morgan fingerprint density at radius 2 is 1.62 bits per heavy atom. The molecular formula is C63H74FN7O15. The number of amides is 6. The van der Waals surface area contributed by atoms with Crippen molar-refractivity contribution in [1.29, 1.82) is 0 Å². The number of hydrogen-bond donors (Lipinski definition) is 6. The first-order valence-corrected chi connectivity index (χ1v) is 29.4. The zero-order valence-electron chi connectivity index (χ0n) is 49.1. The number of benzene rings is 2. The van der Waals surface area contributed by atoms with Crippen LogP contribution in [-0.4, -0.2) is 115 Å². The van der Waals surface area contributed by atoms with E-state index in [1.54, 1.807) is 71.0 Å². The number of carbonyl (C=O) groups excluding carboxylic acids is 10. The molecule has 1 saturated heterocycles. The summed E-state index contributed by atoms with van der Waals surface area (Å²) in [6.45, 7) is 7.93. The topological polar surface area (TPSA) is 324 Å². The molecule has 0 bridgehead atoms. The van der Waals surface area contributed by atoms with E-state index in [1.807, 2.05) is 0 Å². The number of likely N-dealkylation sites (tertiary alicyclic amines) is 1. The largest absolute Gasteiger partial charge is 0.481 e. The third kappa shape index (κ3) is 14.1. The first-order chi connectivity index (χ1) is 40.8. The van der Waals surface area contributed by atoms with Crippen molar-refractivity contribution in [1.82, 2.24) is 35.7 Å². The number of carbonyl (C=O) groups is 11. The Kier molecular flexibility index (Phi) is 19.9. The number of imide groups is 1. The number of aryl methyl sites for hydroxylation is 1. The van der Waals surface area contributed by atoms with Crippen LogP contribution in [0.3, 0.4) is 0 Å². The van der Waals surface area contributed by atoms with Gasteiger partial charge in [0, 0.05) is 91.9 Å². The molecule has 6 amide bonds. The van der Waals surface area contributed by atoms with Gasteiger partial charge in [-0.1, -0.05) is 64.4 Å². The lowest BCUT2D eigenvalue weighted by molar-refractivity contribution is -0.172. The maximum Gasteiger partial charge on any atom is 0.343 e. The SMILES string of the molecule is CC[C@@]1(O)C(=O)OCc2c1cc1n(c2=O)Cc2c-1nc1cc(F)c(C)c3c1c2[C@@H](NC(=O)C(C)(C)CCNC(=O)CCC(=O)[C@H](Cc1ccccc1)NC(=O)CCC(=O)CNC(=O)[C@H](CC(=O)O)CC(=O)CCCCCN1C(=O)CC(C)C1=O)CC3. The summed E-state index contributed by atoms with van der Waals surface area (Å²) in [5, 5.41) is 32.6. The van der Waals surface area contributed by atoms with Crippen molar-refractivity contribution >= 4 is 75.6 Å². The number of rotatable bonds is 29. The number of hydrogen-bond acceptors (Lipinski definition) is 15. The molecule has 5 atom stereocenters. The molecule has 86 heavy (non-hydrogen) atoms. The van der Waals surface area contributed by atoms with Gasteiger partial charge in [-0.25, -0.2) is 14.2 Å². The quantitative estimate of drug-likeness (QED) is 0.0214. The van der Waals surface area contributed by atoms with Crippen LogP contribution in [0.1, 0.15) is 163 Å². The number of pyridine rings is 2. The zero-order chi connectivity index (χ0) is 62.4. The number of halogens is 1. The Hall–Kier alpha value is -8.34. The monoisotopic (exact) mass is 1190 g/mol. The molecule has 0 spiro atoms. The number of nitrogens with one attached hydrogen (secondary N) is 4. The standard InChI is InChI=1S/C63H74FN7O15/c1-6-63(85)43-29-48-56-41(32-71(48)59(82)42(43)33-86-61(63)84)55-45(18-17-40-35(3)44(64)30-47(68-56)54(40)55)69-60(83)62(4,5)22-23-65-50(75)21-19-49(74)46(26-36-13-9-7-10-14-36)67-51(76)20-16-39(73)31-66-57(80)37(28-53(78)79)27-38(72)15-11-8-12-24-70-52(77)25-34(2)58(70)81/h7,9-10,13-14,29-30,34,37,45-46,85H,6,8,11-12,15-28,31-33H2,1-5H3,(H,65,75)(H,66,80)(H,67,76)(H,69,83)(H,78,79)/t34?,37-,45-,46-,63-/m0/s1. The highest BCUT2D eigenvalue weighted by Crippen LogP contribution is 2.46. The number of carboxylic acid groups (broad SMARTS) is 1. The van der Waals surface area contributed by atoms with E-state index in [0.29, 0.717) is 76.6 Å². The zero-order valence-corrected chi connectivity index (χ0v) is 49.1. The molecule has 22 nitrogen and oxygen atoms in total. The summed E-state index contributed by atoms with van der Waals surface area (Å²) in [6.07, 6.45) is 0.395. The molecule has 23 heteroatoms. The van der Waals surface area contributed by atoms with Gasteiger partial charge in [-0.2, -0.15) is 0 Å². The van der Waals surface area contributed by atoms with Crippen LogP contribution in [0.5, 0.6) is 0 Å². The van der Waals surface area contributed by atoms with Gasteiger partial charge in [0.2, 0.25) is 35.4 Å². The molecule has 0 radical (unpaired) electrons. The van der Waals surface area contributed by atoms with Crippen molar-refractivity contribution in [3.63, 3.8) is 0 Å². The smallest absolute Gasteiger partial charge is 0.343 e. The Labute approximate surface area is 495 Å². The van der Waals surface area contributed by atoms with E-state index in [0.717, 1.165) is 5.56 Å². The Balaban J connectivity index is 0.815. The average molecular weight is 1190 g/mol. The average Bonchev–Trinajstić information content (AvgIpc) is 1.46. The van der Waals surface area contributed by atoms with Gasteiger partial charge in [0.05, 0.1) is 60.0 Å². The van der Waals surface area contributed by atoms with Crippen molar-refractivity contribution < 1.29 is 72.1 Å². The van der Waals surface area contributed by atoms with E-state index in [-0.39, 0.29) is 131 Å². The second kappa shape index (κ2) is 26.9. The van der Waals surface area contributed by atoms with Gasteiger partial charge < -0.3 is 40.8 Å². The lowest BCUT2D eigenvalue weighted by Crippen LogP contribution is -2.44. The summed E-state index contributed by atoms with van der Waals surface area (Å²) in [5.41, 5.74) is 0.960. The molecule has 1 unspecified atom stereocenters. The molecule has 1 fully saturated rings. The van der Waals surface area contributed by atoms with Gasteiger partial charge in [-0.15, -0.1) is 0 Å². The molecule has 4 aromatic rings. The number of fused-ring (bicyclic) bond motifs is 5. The van der Waals surface area contributed by atoms with Gasteiger partial charge in [0.1, 0.15) is 18.2 Å². The fraction of sp³-hybridized carbons (Fsp3) is 0.508. The molecule has 2 aromatic carbocycles. The summed E-state index contributed by atoms with van der Waals surface area (Å²) in [4.78, 5) is 162. The van der Waals surface area contributed by atoms with Crippen LogP contribution in [0.4, 0.5) is 4.39 Å². The number of aliphatic hydroxyl groups is 1. The predicted molar refractivity (Wildman–Crippen MR) is 308 cm³/mol. The molecule has 5 heterocycles. The van der Waals surface area contributed by atoms with Crippen molar-refractivity contribution in [2.24, 2.45) is 17.3 Å². The number of nitrogens with zero attached hydrogens (tertiary/aromatic N) is 3. The Bertz CT molecular complexity index is 3490. The summed E-state index contributed by atoms with van der Waals surface area (Å²) < 4.78 is 22.3. The van der Waals surface area contributed by atoms with Gasteiger partial charge in [0.25, 0.3) is 5.56 Å². The molecule has 0 saturated carbocycles. The number of cyclic esters (lactones) is 1. The number of ketones is 3. The fourth-order valence-electron chi connectivity index (χ4n) is 11.9. The van der Waals surface area contributed by atoms with Gasteiger partial charge in [0.15, 0.2) is 17.2 Å². The number of esters is 1. The number of ether oxygens (including phenoxy) is 1. The summed E-state index contributed by atoms with van der Waals surface area (Å²) in [7, 11) is 0. The third-order valence-corrected chi connectivity index (χ3v) is 17.1. The van der Waals surface area contributed by atoms with Crippen LogP contribution in [0.25, 0.3) is 22.3 Å². The van der Waals surface area contributed by atoms with Crippen LogP contribution < -0.4 is 26.8 Å². The van der Waals surface area contributed by atoms with Crippen molar-refractivity contribution in [2.45, 2.75) is 168 Å². The predicted octanol–water partition coefficient (Wildman–Crippen LogP) is 4.71. The highest BCUT2D eigenvalue weighted by molar-refractivity contribution is 6.03. The molecule has 2 aromatic heterocycles. The van der Waals surface area contributed by atoms with Crippen LogP contribution in [-0.2, 0) is 89.1 Å². The van der Waals surface area contributed by atoms with Crippen LogP contribution in [0.15, 0.2) is 47.3 Å². The normalized spacial score (nSPS) is 18.3. The third-order valence-electron chi connectivity index (χ3n) is 17.1. The van der Waals surface area contributed by atoms with Crippen molar-refractivity contribution in [3.05, 3.63) is 97.6 Å². The molecular weight excluding hydrogens is 1110 g/mol. The number of aliphatic carboxylic acids is 1. The number of carboxylic acids is 1. The summed E-state index contributed by atoms with van der Waals surface area (Å²) >= 11 is 0. The maximum absolute atomic E-state index is 15.5. The Morgan fingerprint density at radius 3 is 2.31 bits per heavy atom. The van der Waals surface area contributed by atoms with E-state index < -0.39 is 94.6 Å². The van der Waals surface area contributed by atoms with Gasteiger partial charge in [-0.05, 0) is 80.2 Å². The minimum atomic E-state index is -2.06. The molecule has 458 valence electrons. The van der Waals surface area contributed by atoms with Crippen LogP contribution in [0, 0.1) is 30.0 Å². The first-order valence-electron chi connectivity index (χ1n) is 29.4. The number of Topliss-reactive ketones (excluding diaryl/α,β-unsaturated/α-hetero) is 3. The van der Waals surface area contributed by atoms with Crippen molar-refractivity contribution in [3.8, 4) is 11.4 Å². The molecule has 8 rings (SSSR count). The lowest BCUT2D eigenvalue weighted by Gasteiger charge is -2.33. The maximum atomic E-state index is 15.5.